The van der Waals surface area contributed by atoms with Gasteiger partial charge in [-0.2, -0.15) is 0 Å². The van der Waals surface area contributed by atoms with Gasteiger partial charge >= 0.3 is 5.97 Å². The smallest absolute Gasteiger partial charge is 0.321 e. The Balaban J connectivity index is 2.07. The molecule has 0 spiro atoms. The van der Waals surface area contributed by atoms with Crippen molar-refractivity contribution in [1.82, 2.24) is 4.90 Å². The molecular formula is C14H17F2NO3. The quantitative estimate of drug-likeness (QED) is 0.901. The SMILES string of the molecule is CCCN1C[C@H](Oc2cc(F)ccc2F)C[C@H]1C(=O)O. The third-order valence-corrected chi connectivity index (χ3v) is 3.35. The van der Waals surface area contributed by atoms with Crippen LogP contribution in [0.15, 0.2) is 18.2 Å². The van der Waals surface area contributed by atoms with Gasteiger partial charge in [-0.3, -0.25) is 9.69 Å². The van der Waals surface area contributed by atoms with Crippen LogP contribution in [-0.4, -0.2) is 41.2 Å². The van der Waals surface area contributed by atoms with E-state index in [1.54, 1.807) is 4.90 Å². The number of aliphatic carboxylic acids is 1. The second-order valence-corrected chi connectivity index (χ2v) is 4.90. The highest BCUT2D eigenvalue weighted by Gasteiger charge is 2.37. The van der Waals surface area contributed by atoms with Crippen molar-refractivity contribution in [2.24, 2.45) is 0 Å². The largest absolute Gasteiger partial charge is 0.486 e. The molecule has 1 aromatic carbocycles. The lowest BCUT2D eigenvalue weighted by Crippen LogP contribution is -2.36. The Labute approximate surface area is 116 Å². The molecule has 1 N–H and O–H groups in total. The van der Waals surface area contributed by atoms with Crippen LogP contribution in [0.25, 0.3) is 0 Å². The Morgan fingerprint density at radius 2 is 2.25 bits per heavy atom. The first kappa shape index (κ1) is 14.7. The van der Waals surface area contributed by atoms with Gasteiger partial charge in [-0.25, -0.2) is 8.78 Å². The number of nitrogens with zero attached hydrogens (tertiary/aromatic N) is 1. The van der Waals surface area contributed by atoms with E-state index >= 15 is 0 Å². The number of rotatable bonds is 5. The maximum Gasteiger partial charge on any atom is 0.321 e. The molecule has 20 heavy (non-hydrogen) atoms. The number of carbonyl (C=O) groups is 1. The zero-order chi connectivity index (χ0) is 14.7. The Morgan fingerprint density at radius 1 is 1.50 bits per heavy atom. The minimum atomic E-state index is -0.913. The van der Waals surface area contributed by atoms with Crippen molar-refractivity contribution in [1.29, 1.82) is 0 Å². The first-order valence-corrected chi connectivity index (χ1v) is 6.59. The molecule has 2 rings (SSSR count). The van der Waals surface area contributed by atoms with Gasteiger partial charge in [0, 0.05) is 19.0 Å². The molecule has 6 heteroatoms. The molecule has 0 radical (unpaired) electrons. The van der Waals surface area contributed by atoms with Crippen molar-refractivity contribution < 1.29 is 23.4 Å². The maximum absolute atomic E-state index is 13.5. The van der Waals surface area contributed by atoms with E-state index in [0.717, 1.165) is 24.6 Å². The van der Waals surface area contributed by atoms with E-state index < -0.39 is 29.7 Å². The number of likely N-dealkylation sites (tertiary alicyclic amines) is 1. The monoisotopic (exact) mass is 285 g/mol. The molecule has 0 unspecified atom stereocenters. The summed E-state index contributed by atoms with van der Waals surface area (Å²) in [6, 6.07) is 2.36. The number of hydrogen-bond acceptors (Lipinski definition) is 3. The molecule has 0 aromatic heterocycles. The molecule has 1 aliphatic rings. The minimum absolute atomic E-state index is 0.169. The fourth-order valence-electron chi connectivity index (χ4n) is 2.49. The van der Waals surface area contributed by atoms with E-state index in [4.69, 9.17) is 9.84 Å². The minimum Gasteiger partial charge on any atom is -0.486 e. The fraction of sp³-hybridized carbons (Fsp3) is 0.500. The average Bonchev–Trinajstić information content (AvgIpc) is 2.77. The Morgan fingerprint density at radius 3 is 2.90 bits per heavy atom. The van der Waals surface area contributed by atoms with Crippen molar-refractivity contribution in [3.8, 4) is 5.75 Å². The number of hydrogen-bond donors (Lipinski definition) is 1. The lowest BCUT2D eigenvalue weighted by atomic mass is 10.2. The van der Waals surface area contributed by atoms with Crippen LogP contribution < -0.4 is 4.74 Å². The van der Waals surface area contributed by atoms with Crippen LogP contribution in [-0.2, 0) is 4.79 Å². The van der Waals surface area contributed by atoms with Crippen molar-refractivity contribution in [3.63, 3.8) is 0 Å². The highest BCUT2D eigenvalue weighted by Crippen LogP contribution is 2.25. The highest BCUT2D eigenvalue weighted by molar-refractivity contribution is 5.74. The molecule has 110 valence electrons. The molecule has 1 heterocycles. The first-order valence-electron chi connectivity index (χ1n) is 6.59. The summed E-state index contributed by atoms with van der Waals surface area (Å²) in [5, 5.41) is 9.16. The Hall–Kier alpha value is -1.69. The predicted molar refractivity (Wildman–Crippen MR) is 68.7 cm³/mol. The third-order valence-electron chi connectivity index (χ3n) is 3.35. The molecule has 2 atom stereocenters. The van der Waals surface area contributed by atoms with E-state index in [1.807, 2.05) is 6.92 Å². The molecule has 0 amide bonds. The number of halogens is 2. The zero-order valence-corrected chi connectivity index (χ0v) is 11.2. The van der Waals surface area contributed by atoms with Crippen LogP contribution in [0.4, 0.5) is 8.78 Å². The van der Waals surface area contributed by atoms with E-state index in [-0.39, 0.29) is 12.2 Å². The number of benzene rings is 1. The van der Waals surface area contributed by atoms with E-state index in [1.165, 1.54) is 0 Å². The number of carboxylic acid groups (broad SMARTS) is 1. The van der Waals surface area contributed by atoms with Crippen molar-refractivity contribution >= 4 is 5.97 Å². The number of ether oxygens (including phenoxy) is 1. The van der Waals surface area contributed by atoms with Crippen molar-refractivity contribution in [2.75, 3.05) is 13.1 Å². The van der Waals surface area contributed by atoms with Crippen LogP contribution in [0.1, 0.15) is 19.8 Å². The third kappa shape index (κ3) is 3.25. The summed E-state index contributed by atoms with van der Waals surface area (Å²) in [5.74, 6) is -2.31. The topological polar surface area (TPSA) is 49.8 Å². The maximum atomic E-state index is 13.5. The van der Waals surface area contributed by atoms with Gasteiger partial charge in [0.1, 0.15) is 18.0 Å². The van der Waals surface area contributed by atoms with Gasteiger partial charge in [0.15, 0.2) is 11.6 Å². The van der Waals surface area contributed by atoms with Gasteiger partial charge in [0.25, 0.3) is 0 Å². The molecule has 1 fully saturated rings. The molecule has 0 saturated carbocycles. The second-order valence-electron chi connectivity index (χ2n) is 4.90. The normalized spacial score (nSPS) is 22.9. The summed E-state index contributed by atoms with van der Waals surface area (Å²) in [6.45, 7) is 3.00. The van der Waals surface area contributed by atoms with Gasteiger partial charge in [-0.05, 0) is 25.1 Å². The van der Waals surface area contributed by atoms with Crippen LogP contribution in [0.5, 0.6) is 5.75 Å². The molecular weight excluding hydrogens is 268 g/mol. The fourth-order valence-corrected chi connectivity index (χ4v) is 2.49. The predicted octanol–water partition coefficient (Wildman–Crippen LogP) is 2.28. The van der Waals surface area contributed by atoms with E-state index in [2.05, 4.69) is 0 Å². The Bertz CT molecular complexity index is 495. The number of carboxylic acids is 1. The molecule has 0 aliphatic carbocycles. The lowest BCUT2D eigenvalue weighted by molar-refractivity contribution is -0.142. The van der Waals surface area contributed by atoms with E-state index in [9.17, 15) is 13.6 Å². The van der Waals surface area contributed by atoms with Gasteiger partial charge < -0.3 is 9.84 Å². The Kier molecular flexibility index (Phi) is 4.54. The van der Waals surface area contributed by atoms with Gasteiger partial charge in [-0.1, -0.05) is 6.92 Å². The van der Waals surface area contributed by atoms with Crippen LogP contribution in [0, 0.1) is 11.6 Å². The summed E-state index contributed by atoms with van der Waals surface area (Å²) >= 11 is 0. The summed E-state index contributed by atoms with van der Waals surface area (Å²) in [4.78, 5) is 13.0. The summed E-state index contributed by atoms with van der Waals surface area (Å²) in [7, 11) is 0. The molecule has 1 saturated heterocycles. The molecule has 4 nitrogen and oxygen atoms in total. The van der Waals surface area contributed by atoms with Gasteiger partial charge in [-0.15, -0.1) is 0 Å². The summed E-state index contributed by atoms with van der Waals surface area (Å²) < 4.78 is 32.0. The van der Waals surface area contributed by atoms with Gasteiger partial charge in [0.2, 0.25) is 0 Å². The van der Waals surface area contributed by atoms with Crippen LogP contribution >= 0.6 is 0 Å². The van der Waals surface area contributed by atoms with Crippen molar-refractivity contribution in [2.45, 2.75) is 31.9 Å². The highest BCUT2D eigenvalue weighted by atomic mass is 19.1. The van der Waals surface area contributed by atoms with Crippen molar-refractivity contribution in [3.05, 3.63) is 29.8 Å². The van der Waals surface area contributed by atoms with Crippen LogP contribution in [0.3, 0.4) is 0 Å². The standard InChI is InChI=1S/C14H17F2NO3/c1-2-5-17-8-10(7-12(17)14(18)19)20-13-6-9(15)3-4-11(13)16/h3-4,6,10,12H,2,5,7-8H2,1H3,(H,18,19)/t10-,12+/m1/s1. The average molecular weight is 285 g/mol. The zero-order valence-electron chi connectivity index (χ0n) is 11.2. The van der Waals surface area contributed by atoms with Crippen LogP contribution in [0.2, 0.25) is 0 Å². The van der Waals surface area contributed by atoms with E-state index in [0.29, 0.717) is 13.1 Å². The summed E-state index contributed by atoms with van der Waals surface area (Å²) in [6.07, 6.45) is 0.648. The van der Waals surface area contributed by atoms with Gasteiger partial charge in [0.05, 0.1) is 0 Å². The lowest BCUT2D eigenvalue weighted by Gasteiger charge is -2.19. The second kappa shape index (κ2) is 6.17. The molecule has 1 aliphatic heterocycles. The molecule has 0 bridgehead atoms. The first-order chi connectivity index (χ1) is 9.51. The molecule has 1 aromatic rings. The summed E-state index contributed by atoms with van der Waals surface area (Å²) in [5.41, 5.74) is 0.